The lowest BCUT2D eigenvalue weighted by molar-refractivity contribution is -0.133. The molecular formula is C23H32N4O3. The predicted octanol–water partition coefficient (Wildman–Crippen LogP) is 2.47. The van der Waals surface area contributed by atoms with Gasteiger partial charge in [0, 0.05) is 45.6 Å². The molecule has 162 valence electrons. The lowest BCUT2D eigenvalue weighted by Gasteiger charge is -2.36. The first-order valence-corrected chi connectivity index (χ1v) is 11.1. The number of hydrogen-bond acceptors (Lipinski definition) is 6. The van der Waals surface area contributed by atoms with Crippen molar-refractivity contribution < 1.29 is 13.9 Å². The zero-order valence-electron chi connectivity index (χ0n) is 17.9. The van der Waals surface area contributed by atoms with Gasteiger partial charge < -0.3 is 14.1 Å². The van der Waals surface area contributed by atoms with Crippen LogP contribution < -0.4 is 0 Å². The fourth-order valence-electron chi connectivity index (χ4n) is 4.42. The number of carbonyl (C=O) groups excluding carboxylic acids is 1. The highest BCUT2D eigenvalue weighted by molar-refractivity contribution is 5.76. The summed E-state index contributed by atoms with van der Waals surface area (Å²) in [7, 11) is 0. The molecule has 1 amide bonds. The van der Waals surface area contributed by atoms with Crippen LogP contribution in [0.4, 0.5) is 0 Å². The number of aryl methyl sites for hydroxylation is 2. The number of piperidine rings is 1. The standard InChI is InChI=1S/C23H32N4O3/c1-18-4-2-5-19(14-18)15-22-25-24-21(30-22)7-8-23(28)27-9-3-6-20(17-27)16-26-10-12-29-13-11-26/h2,4-5,14,20H,3,6-13,15-17H2,1H3/t20-/m1/s1. The SMILES string of the molecule is Cc1cccc(Cc2nnc(CCC(=O)N3CCC[C@H](CN4CCOCC4)C3)o2)c1. The summed E-state index contributed by atoms with van der Waals surface area (Å²) in [6.07, 6.45) is 3.84. The minimum absolute atomic E-state index is 0.195. The van der Waals surface area contributed by atoms with Gasteiger partial charge >= 0.3 is 0 Å². The Kier molecular flexibility index (Phi) is 7.12. The van der Waals surface area contributed by atoms with Crippen molar-refractivity contribution in [2.24, 2.45) is 5.92 Å². The Hall–Kier alpha value is -2.25. The predicted molar refractivity (Wildman–Crippen MR) is 113 cm³/mol. The number of likely N-dealkylation sites (tertiary alicyclic amines) is 1. The van der Waals surface area contributed by atoms with Gasteiger partial charge in [-0.15, -0.1) is 10.2 Å². The molecular weight excluding hydrogens is 380 g/mol. The molecule has 7 heteroatoms. The van der Waals surface area contributed by atoms with Crippen LogP contribution in [0.5, 0.6) is 0 Å². The molecule has 3 heterocycles. The molecule has 1 aromatic carbocycles. The van der Waals surface area contributed by atoms with Crippen molar-refractivity contribution in [3.63, 3.8) is 0 Å². The average Bonchev–Trinajstić information content (AvgIpc) is 3.20. The summed E-state index contributed by atoms with van der Waals surface area (Å²) in [4.78, 5) is 17.2. The summed E-state index contributed by atoms with van der Waals surface area (Å²) in [5.41, 5.74) is 2.37. The Morgan fingerprint density at radius 3 is 2.83 bits per heavy atom. The fraction of sp³-hybridized carbons (Fsp3) is 0.609. The molecule has 0 spiro atoms. The van der Waals surface area contributed by atoms with Crippen LogP contribution in [0, 0.1) is 12.8 Å². The van der Waals surface area contributed by atoms with E-state index in [2.05, 4.69) is 40.2 Å². The second-order valence-corrected chi connectivity index (χ2v) is 8.52. The maximum Gasteiger partial charge on any atom is 0.223 e. The maximum absolute atomic E-state index is 12.7. The molecule has 4 rings (SSSR count). The number of rotatable bonds is 7. The summed E-state index contributed by atoms with van der Waals surface area (Å²) in [5.74, 6) is 1.91. The first-order valence-electron chi connectivity index (χ1n) is 11.1. The van der Waals surface area contributed by atoms with E-state index < -0.39 is 0 Å². The van der Waals surface area contributed by atoms with Gasteiger partial charge in [-0.3, -0.25) is 9.69 Å². The molecule has 7 nitrogen and oxygen atoms in total. The molecule has 30 heavy (non-hydrogen) atoms. The van der Waals surface area contributed by atoms with E-state index in [9.17, 15) is 4.79 Å². The molecule has 2 fully saturated rings. The Balaban J connectivity index is 1.23. The lowest BCUT2D eigenvalue weighted by Crippen LogP contribution is -2.46. The van der Waals surface area contributed by atoms with Crippen molar-refractivity contribution in [2.45, 2.75) is 39.0 Å². The monoisotopic (exact) mass is 412 g/mol. The number of morpholine rings is 1. The highest BCUT2D eigenvalue weighted by Gasteiger charge is 2.26. The molecule has 0 saturated carbocycles. The van der Waals surface area contributed by atoms with E-state index in [1.165, 1.54) is 12.0 Å². The van der Waals surface area contributed by atoms with Crippen LogP contribution in [0.15, 0.2) is 28.7 Å². The van der Waals surface area contributed by atoms with E-state index >= 15 is 0 Å². The van der Waals surface area contributed by atoms with Gasteiger partial charge in [0.15, 0.2) is 0 Å². The zero-order chi connectivity index (χ0) is 20.8. The van der Waals surface area contributed by atoms with Gasteiger partial charge in [0.1, 0.15) is 0 Å². The minimum atomic E-state index is 0.195. The summed E-state index contributed by atoms with van der Waals surface area (Å²) in [5, 5.41) is 8.29. The van der Waals surface area contributed by atoms with Gasteiger partial charge in [0.2, 0.25) is 17.7 Å². The highest BCUT2D eigenvalue weighted by Crippen LogP contribution is 2.19. The van der Waals surface area contributed by atoms with Gasteiger partial charge in [-0.25, -0.2) is 0 Å². The summed E-state index contributed by atoms with van der Waals surface area (Å²) >= 11 is 0. The minimum Gasteiger partial charge on any atom is -0.425 e. The topological polar surface area (TPSA) is 71.7 Å². The Morgan fingerprint density at radius 1 is 1.17 bits per heavy atom. The molecule has 0 unspecified atom stereocenters. The van der Waals surface area contributed by atoms with Crippen LogP contribution >= 0.6 is 0 Å². The third kappa shape index (κ3) is 5.89. The highest BCUT2D eigenvalue weighted by atomic mass is 16.5. The lowest BCUT2D eigenvalue weighted by atomic mass is 9.97. The molecule has 0 N–H and O–H groups in total. The van der Waals surface area contributed by atoms with Crippen molar-refractivity contribution >= 4 is 5.91 Å². The number of nitrogens with zero attached hydrogens (tertiary/aromatic N) is 4. The van der Waals surface area contributed by atoms with Crippen molar-refractivity contribution in [3.8, 4) is 0 Å². The number of amides is 1. The first kappa shape index (κ1) is 21.0. The largest absolute Gasteiger partial charge is 0.425 e. The number of hydrogen-bond donors (Lipinski definition) is 0. The van der Waals surface area contributed by atoms with Crippen molar-refractivity contribution in [1.29, 1.82) is 0 Å². The van der Waals surface area contributed by atoms with Crippen LogP contribution in [0.1, 0.15) is 42.2 Å². The Morgan fingerprint density at radius 2 is 2.00 bits per heavy atom. The van der Waals surface area contributed by atoms with Crippen molar-refractivity contribution in [2.75, 3.05) is 45.9 Å². The summed E-state index contributed by atoms with van der Waals surface area (Å²) < 4.78 is 11.2. The second kappa shape index (κ2) is 10.2. The Labute approximate surface area is 178 Å². The van der Waals surface area contributed by atoms with E-state index in [4.69, 9.17) is 9.15 Å². The molecule has 0 bridgehead atoms. The molecule has 2 aliphatic heterocycles. The van der Waals surface area contributed by atoms with Crippen LogP contribution in [-0.4, -0.2) is 71.8 Å². The van der Waals surface area contributed by atoms with E-state index in [1.807, 2.05) is 11.0 Å². The fourth-order valence-corrected chi connectivity index (χ4v) is 4.42. The normalized spacial score (nSPS) is 20.4. The average molecular weight is 413 g/mol. The molecule has 1 aromatic heterocycles. The quantitative estimate of drug-likeness (QED) is 0.696. The maximum atomic E-state index is 12.7. The molecule has 0 radical (unpaired) electrons. The van der Waals surface area contributed by atoms with Crippen LogP contribution in [0.3, 0.4) is 0 Å². The summed E-state index contributed by atoms with van der Waals surface area (Å²) in [6, 6.07) is 8.28. The molecule has 2 aliphatic rings. The van der Waals surface area contributed by atoms with E-state index in [1.54, 1.807) is 0 Å². The number of carbonyl (C=O) groups is 1. The van der Waals surface area contributed by atoms with Crippen molar-refractivity contribution in [3.05, 3.63) is 47.2 Å². The molecule has 2 aromatic rings. The summed E-state index contributed by atoms with van der Waals surface area (Å²) in [6.45, 7) is 8.52. The zero-order valence-corrected chi connectivity index (χ0v) is 17.9. The van der Waals surface area contributed by atoms with Crippen LogP contribution in [0.25, 0.3) is 0 Å². The molecule has 0 aliphatic carbocycles. The number of ether oxygens (including phenoxy) is 1. The van der Waals surface area contributed by atoms with Gasteiger partial charge in [-0.05, 0) is 31.2 Å². The second-order valence-electron chi connectivity index (χ2n) is 8.52. The smallest absolute Gasteiger partial charge is 0.223 e. The first-order chi connectivity index (χ1) is 14.7. The van der Waals surface area contributed by atoms with E-state index in [0.29, 0.717) is 37.0 Å². The molecule has 2 saturated heterocycles. The Bertz CT molecular complexity index is 831. The van der Waals surface area contributed by atoms with E-state index in [0.717, 1.165) is 57.9 Å². The van der Waals surface area contributed by atoms with Gasteiger partial charge in [0.25, 0.3) is 0 Å². The molecule has 1 atom stereocenters. The third-order valence-corrected chi connectivity index (χ3v) is 5.99. The number of aromatic nitrogens is 2. The van der Waals surface area contributed by atoms with Crippen LogP contribution in [-0.2, 0) is 22.4 Å². The third-order valence-electron chi connectivity index (χ3n) is 5.99. The van der Waals surface area contributed by atoms with Crippen LogP contribution in [0.2, 0.25) is 0 Å². The number of benzene rings is 1. The van der Waals surface area contributed by atoms with Gasteiger partial charge in [0.05, 0.1) is 19.6 Å². The van der Waals surface area contributed by atoms with Crippen molar-refractivity contribution in [1.82, 2.24) is 20.0 Å². The van der Waals surface area contributed by atoms with Gasteiger partial charge in [-0.2, -0.15) is 0 Å². The van der Waals surface area contributed by atoms with Gasteiger partial charge in [-0.1, -0.05) is 29.8 Å². The van der Waals surface area contributed by atoms with E-state index in [-0.39, 0.29) is 5.91 Å².